The van der Waals surface area contributed by atoms with Gasteiger partial charge in [-0.15, -0.1) is 10.3 Å². The first-order chi connectivity index (χ1) is 15.8. The second kappa shape index (κ2) is 10.2. The average Bonchev–Trinajstić information content (AvgIpc) is 3.11. The van der Waals surface area contributed by atoms with Gasteiger partial charge in [0.05, 0.1) is 42.0 Å². The van der Waals surface area contributed by atoms with E-state index < -0.39 is 27.9 Å². The fourth-order valence-electron chi connectivity index (χ4n) is 2.88. The zero-order valence-corrected chi connectivity index (χ0v) is 22.4. The molecule has 0 aliphatic heterocycles. The zero-order chi connectivity index (χ0) is 25.3. The van der Waals surface area contributed by atoms with Gasteiger partial charge in [-0.25, -0.2) is 19.2 Å². The van der Waals surface area contributed by atoms with Gasteiger partial charge in [0.1, 0.15) is 11.3 Å². The Morgan fingerprint density at radius 1 is 1.21 bits per heavy atom. The molecule has 11 heteroatoms. The molecule has 0 saturated heterocycles. The summed E-state index contributed by atoms with van der Waals surface area (Å²) in [5.41, 5.74) is 2.54. The fraction of sp³-hybridized carbons (Fsp3) is 0.391. The smallest absolute Gasteiger partial charge is 0.277 e. The quantitative estimate of drug-likeness (QED) is 0.269. The van der Waals surface area contributed by atoms with E-state index in [1.54, 1.807) is 17.7 Å². The van der Waals surface area contributed by atoms with Crippen molar-refractivity contribution in [2.45, 2.75) is 25.5 Å². The van der Waals surface area contributed by atoms with Crippen molar-refractivity contribution >= 4 is 54.6 Å². The van der Waals surface area contributed by atoms with Crippen molar-refractivity contribution in [2.75, 3.05) is 31.0 Å². The second-order valence-corrected chi connectivity index (χ2v) is 13.9. The van der Waals surface area contributed by atoms with Gasteiger partial charge in [0, 0.05) is 16.3 Å². The highest BCUT2D eigenvalue weighted by atomic mass is 79.9. The summed E-state index contributed by atoms with van der Waals surface area (Å²) >= 11 is 3.19. The summed E-state index contributed by atoms with van der Waals surface area (Å²) in [5.74, 6) is -2.08. The SMILES string of the molecule is Cn1cnc2c(F)c(Nc3ccc(Br)cc3F)c(C(=O)NOCCOS(C)(C)C(C)(C)C)cc21. The molecule has 0 saturated carbocycles. The zero-order valence-electron chi connectivity index (χ0n) is 20.0. The van der Waals surface area contributed by atoms with Crippen molar-refractivity contribution in [3.05, 3.63) is 52.3 Å². The largest absolute Gasteiger partial charge is 0.350 e. The van der Waals surface area contributed by atoms with E-state index in [0.29, 0.717) is 9.99 Å². The number of hydroxylamine groups is 1. The maximum atomic E-state index is 15.4. The Kier molecular flexibility index (Phi) is 7.91. The molecule has 0 aliphatic carbocycles. The van der Waals surface area contributed by atoms with Gasteiger partial charge < -0.3 is 14.1 Å². The molecule has 3 aromatic rings. The molecule has 1 amide bonds. The number of anilines is 2. The van der Waals surface area contributed by atoms with Crippen molar-refractivity contribution in [3.63, 3.8) is 0 Å². The third-order valence-electron chi connectivity index (χ3n) is 5.60. The Balaban J connectivity index is 1.80. The van der Waals surface area contributed by atoms with Crippen molar-refractivity contribution in [1.82, 2.24) is 15.0 Å². The third kappa shape index (κ3) is 5.70. The Labute approximate surface area is 207 Å². The highest BCUT2D eigenvalue weighted by Crippen LogP contribution is 2.53. The lowest BCUT2D eigenvalue weighted by Crippen LogP contribution is -2.29. The van der Waals surface area contributed by atoms with Crippen molar-refractivity contribution in [1.29, 1.82) is 0 Å². The molecule has 186 valence electrons. The van der Waals surface area contributed by atoms with Crippen LogP contribution in [0.5, 0.6) is 0 Å². The molecular weight excluding hydrogens is 530 g/mol. The number of aromatic nitrogens is 2. The fourth-order valence-corrected chi connectivity index (χ4v) is 4.06. The normalized spacial score (nSPS) is 12.7. The van der Waals surface area contributed by atoms with Gasteiger partial charge >= 0.3 is 0 Å². The van der Waals surface area contributed by atoms with E-state index in [2.05, 4.69) is 65.0 Å². The van der Waals surface area contributed by atoms with E-state index in [0.717, 1.165) is 0 Å². The molecule has 2 N–H and O–H groups in total. The van der Waals surface area contributed by atoms with Crippen LogP contribution in [-0.2, 0) is 16.1 Å². The molecular formula is C23H29BrF2N4O3S. The second-order valence-electron chi connectivity index (χ2n) is 9.03. The lowest BCUT2D eigenvalue weighted by Gasteiger charge is -2.43. The van der Waals surface area contributed by atoms with Crippen LogP contribution in [-0.4, -0.2) is 45.9 Å². The van der Waals surface area contributed by atoms with E-state index in [9.17, 15) is 9.18 Å². The monoisotopic (exact) mass is 558 g/mol. The van der Waals surface area contributed by atoms with Crippen LogP contribution in [0.2, 0.25) is 0 Å². The minimum atomic E-state index is -1.33. The van der Waals surface area contributed by atoms with Gasteiger partial charge in [0.15, 0.2) is 5.82 Å². The molecule has 0 bridgehead atoms. The first-order valence-corrected chi connectivity index (χ1v) is 13.6. The Hall–Kier alpha value is -2.21. The highest BCUT2D eigenvalue weighted by Gasteiger charge is 2.28. The number of hydrogen-bond donors (Lipinski definition) is 2. The van der Waals surface area contributed by atoms with Crippen LogP contribution < -0.4 is 10.8 Å². The maximum Gasteiger partial charge on any atom is 0.277 e. The summed E-state index contributed by atoms with van der Waals surface area (Å²) in [4.78, 5) is 22.3. The van der Waals surface area contributed by atoms with Crippen LogP contribution in [0, 0.1) is 11.6 Å². The number of carbonyl (C=O) groups excluding carboxylic acids is 1. The number of nitrogens with zero attached hydrogens (tertiary/aromatic N) is 2. The molecule has 0 unspecified atom stereocenters. The molecule has 0 spiro atoms. The third-order valence-corrected chi connectivity index (χ3v) is 9.80. The Bertz CT molecular complexity index is 1210. The van der Waals surface area contributed by atoms with Gasteiger partial charge in [-0.3, -0.25) is 9.63 Å². The number of imidazole rings is 1. The van der Waals surface area contributed by atoms with Crippen LogP contribution in [0.1, 0.15) is 31.1 Å². The summed E-state index contributed by atoms with van der Waals surface area (Å²) in [6.07, 6.45) is 5.57. The van der Waals surface area contributed by atoms with Gasteiger partial charge in [-0.05, 0) is 36.8 Å². The average molecular weight is 559 g/mol. The van der Waals surface area contributed by atoms with Gasteiger partial charge in [-0.1, -0.05) is 36.7 Å². The number of fused-ring (bicyclic) bond motifs is 1. The highest BCUT2D eigenvalue weighted by molar-refractivity contribution is 9.10. The van der Waals surface area contributed by atoms with Crippen molar-refractivity contribution in [2.24, 2.45) is 7.05 Å². The maximum absolute atomic E-state index is 15.4. The van der Waals surface area contributed by atoms with Crippen LogP contribution in [0.4, 0.5) is 20.2 Å². The summed E-state index contributed by atoms with van der Waals surface area (Å²) in [6, 6.07) is 5.76. The molecule has 7 nitrogen and oxygen atoms in total. The number of aryl methyl sites for hydroxylation is 1. The first-order valence-electron chi connectivity index (χ1n) is 10.5. The lowest BCUT2D eigenvalue weighted by atomic mass is 10.1. The summed E-state index contributed by atoms with van der Waals surface area (Å²) < 4.78 is 37.9. The van der Waals surface area contributed by atoms with Gasteiger partial charge in [0.25, 0.3) is 5.91 Å². The molecule has 0 atom stereocenters. The van der Waals surface area contributed by atoms with Crippen LogP contribution >= 0.6 is 26.2 Å². The summed E-state index contributed by atoms with van der Waals surface area (Å²) in [5, 5.41) is 2.70. The Morgan fingerprint density at radius 3 is 2.56 bits per heavy atom. The van der Waals surface area contributed by atoms with E-state index in [-0.39, 0.29) is 40.4 Å². The topological polar surface area (TPSA) is 77.4 Å². The number of hydrogen-bond acceptors (Lipinski definition) is 5. The lowest BCUT2D eigenvalue weighted by molar-refractivity contribution is 0.0215. The van der Waals surface area contributed by atoms with Gasteiger partial charge in [-0.2, -0.15) is 0 Å². The summed E-state index contributed by atoms with van der Waals surface area (Å²) in [6.45, 7) is 6.72. The standard InChI is InChI=1S/C23H29BrF2N4O3S/c1-23(2,3)34(5,6)33-10-9-32-29-22(31)15-12-18-21(27-13-30(18)4)19(26)20(15)28-17-8-7-14(24)11-16(17)25/h7-8,11-13,28H,9-10H2,1-6H3,(H,29,31). The number of carbonyl (C=O) groups is 1. The minimum Gasteiger partial charge on any atom is -0.350 e. The minimum absolute atomic E-state index is 0.00480. The van der Waals surface area contributed by atoms with E-state index in [1.807, 2.05) is 0 Å². The molecule has 2 aromatic carbocycles. The van der Waals surface area contributed by atoms with E-state index in [4.69, 9.17) is 9.02 Å². The van der Waals surface area contributed by atoms with Crippen LogP contribution in [0.3, 0.4) is 0 Å². The summed E-state index contributed by atoms with van der Waals surface area (Å²) in [7, 11) is 0.357. The number of halogens is 3. The predicted octanol–water partition coefficient (Wildman–Crippen LogP) is 5.81. The van der Waals surface area contributed by atoms with Crippen LogP contribution in [0.25, 0.3) is 11.0 Å². The number of benzene rings is 2. The van der Waals surface area contributed by atoms with E-state index in [1.165, 1.54) is 24.5 Å². The predicted molar refractivity (Wildman–Crippen MR) is 137 cm³/mol. The molecule has 1 heterocycles. The van der Waals surface area contributed by atoms with Crippen molar-refractivity contribution < 1.29 is 22.6 Å². The van der Waals surface area contributed by atoms with Crippen LogP contribution in [0.15, 0.2) is 35.1 Å². The molecule has 34 heavy (non-hydrogen) atoms. The Morgan fingerprint density at radius 2 is 1.91 bits per heavy atom. The molecule has 0 radical (unpaired) electrons. The molecule has 3 rings (SSSR count). The first kappa shape index (κ1) is 26.4. The van der Waals surface area contributed by atoms with E-state index >= 15 is 4.39 Å². The number of nitrogens with one attached hydrogen (secondary N) is 2. The number of rotatable bonds is 8. The molecule has 0 aliphatic rings. The molecule has 1 aromatic heterocycles. The van der Waals surface area contributed by atoms with Crippen molar-refractivity contribution in [3.8, 4) is 0 Å². The molecule has 0 fully saturated rings. The number of amides is 1. The van der Waals surface area contributed by atoms with Gasteiger partial charge in [0.2, 0.25) is 0 Å².